The summed E-state index contributed by atoms with van der Waals surface area (Å²) in [5.74, 6) is 0.0687. The minimum atomic E-state index is -3.55. The van der Waals surface area contributed by atoms with Gasteiger partial charge in [0.1, 0.15) is 0 Å². The Morgan fingerprint density at radius 3 is 2.09 bits per heavy atom. The van der Waals surface area contributed by atoms with Gasteiger partial charge >= 0.3 is 0 Å². The quantitative estimate of drug-likeness (QED) is 0.525. The molecule has 1 aliphatic carbocycles. The first-order chi connectivity index (χ1) is 5.02. The third-order valence-corrected chi connectivity index (χ3v) is 4.87. The second kappa shape index (κ2) is 3.50. The summed E-state index contributed by atoms with van der Waals surface area (Å²) in [5.41, 5.74) is 0. The molecule has 0 aromatic rings. The van der Waals surface area contributed by atoms with E-state index in [0.29, 0.717) is 0 Å². The molecule has 0 aliphatic heterocycles. The minimum absolute atomic E-state index is 0.0687. The lowest BCUT2D eigenvalue weighted by atomic mass is 10.1. The van der Waals surface area contributed by atoms with Crippen LogP contribution in [0.15, 0.2) is 0 Å². The van der Waals surface area contributed by atoms with Crippen molar-refractivity contribution in [2.45, 2.75) is 30.4 Å². The van der Waals surface area contributed by atoms with E-state index in [1.165, 1.54) is 0 Å². The maximum Gasteiger partial charge on any atom is 0.249 e. The molecular weight excluding hydrogens is 207 g/mol. The summed E-state index contributed by atoms with van der Waals surface area (Å²) in [6.07, 6.45) is 3.92. The summed E-state index contributed by atoms with van der Waals surface area (Å²) >= 11 is 5.64. The number of alkyl halides is 1. The van der Waals surface area contributed by atoms with E-state index < -0.39 is 13.8 Å². The van der Waals surface area contributed by atoms with Crippen LogP contribution in [0.2, 0.25) is 0 Å². The minimum Gasteiger partial charge on any atom is -0.211 e. The molecule has 0 spiro atoms. The van der Waals surface area contributed by atoms with Gasteiger partial charge in [-0.2, -0.15) is 0 Å². The Bertz CT molecular complexity index is 219. The van der Waals surface area contributed by atoms with Gasteiger partial charge in [-0.1, -0.05) is 12.8 Å². The summed E-state index contributed by atoms with van der Waals surface area (Å²) in [6.45, 7) is 0. The molecule has 5 heteroatoms. The van der Waals surface area contributed by atoms with Crippen molar-refractivity contribution in [3.8, 4) is 0 Å². The summed E-state index contributed by atoms with van der Waals surface area (Å²) in [4.78, 5) is 0. The molecule has 1 atom stereocenters. The molecule has 0 radical (unpaired) electrons. The van der Waals surface area contributed by atoms with E-state index in [1.807, 2.05) is 0 Å². The van der Waals surface area contributed by atoms with Gasteiger partial charge in [0.15, 0.2) is 4.71 Å². The molecular formula is C6H10Cl2O2S. The lowest BCUT2D eigenvalue weighted by Crippen LogP contribution is -2.18. The van der Waals surface area contributed by atoms with Gasteiger partial charge in [-0.3, -0.25) is 0 Å². The molecule has 1 rings (SSSR count). The van der Waals surface area contributed by atoms with Crippen molar-refractivity contribution in [3.05, 3.63) is 0 Å². The maximum atomic E-state index is 10.8. The van der Waals surface area contributed by atoms with Crippen molar-refractivity contribution in [3.63, 3.8) is 0 Å². The first kappa shape index (κ1) is 9.62. The molecule has 11 heavy (non-hydrogen) atoms. The molecule has 1 fully saturated rings. The van der Waals surface area contributed by atoms with Crippen LogP contribution in [-0.2, 0) is 9.05 Å². The van der Waals surface area contributed by atoms with Crippen molar-refractivity contribution in [1.82, 2.24) is 0 Å². The van der Waals surface area contributed by atoms with Crippen LogP contribution in [0.1, 0.15) is 25.7 Å². The molecule has 66 valence electrons. The van der Waals surface area contributed by atoms with E-state index in [-0.39, 0.29) is 5.92 Å². The molecule has 0 amide bonds. The molecule has 0 aromatic heterocycles. The molecule has 0 aromatic carbocycles. The van der Waals surface area contributed by atoms with Crippen molar-refractivity contribution in [2.24, 2.45) is 5.92 Å². The number of hydrogen-bond donors (Lipinski definition) is 0. The molecule has 0 bridgehead atoms. The largest absolute Gasteiger partial charge is 0.249 e. The van der Waals surface area contributed by atoms with E-state index >= 15 is 0 Å². The van der Waals surface area contributed by atoms with E-state index in [1.54, 1.807) is 0 Å². The molecule has 1 unspecified atom stereocenters. The summed E-state index contributed by atoms with van der Waals surface area (Å²) in [6, 6.07) is 0. The summed E-state index contributed by atoms with van der Waals surface area (Å²) in [7, 11) is 1.56. The van der Waals surface area contributed by atoms with Crippen molar-refractivity contribution < 1.29 is 8.42 Å². The van der Waals surface area contributed by atoms with Gasteiger partial charge < -0.3 is 0 Å². The highest BCUT2D eigenvalue weighted by Crippen LogP contribution is 2.34. The van der Waals surface area contributed by atoms with Crippen LogP contribution in [0.5, 0.6) is 0 Å². The van der Waals surface area contributed by atoms with Crippen molar-refractivity contribution in [1.29, 1.82) is 0 Å². The van der Waals surface area contributed by atoms with Gasteiger partial charge in [0.2, 0.25) is 9.05 Å². The van der Waals surface area contributed by atoms with Gasteiger partial charge in [0.25, 0.3) is 0 Å². The van der Waals surface area contributed by atoms with Gasteiger partial charge in [-0.15, -0.1) is 11.6 Å². The third-order valence-electron chi connectivity index (χ3n) is 2.04. The van der Waals surface area contributed by atoms with E-state index in [0.717, 1.165) is 25.7 Å². The normalized spacial score (nSPS) is 23.8. The highest BCUT2D eigenvalue weighted by Gasteiger charge is 2.31. The monoisotopic (exact) mass is 216 g/mol. The third kappa shape index (κ3) is 2.49. The van der Waals surface area contributed by atoms with Crippen LogP contribution in [0, 0.1) is 5.92 Å². The second-order valence-corrected chi connectivity index (χ2v) is 6.35. The highest BCUT2D eigenvalue weighted by molar-refractivity contribution is 8.15. The SMILES string of the molecule is O=S(=O)(Cl)C(Cl)C1CCCC1. The number of hydrogen-bond acceptors (Lipinski definition) is 2. The smallest absolute Gasteiger partial charge is 0.211 e. The van der Waals surface area contributed by atoms with Gasteiger partial charge in [0, 0.05) is 10.7 Å². The van der Waals surface area contributed by atoms with Gasteiger partial charge in [-0.25, -0.2) is 8.42 Å². The molecule has 1 saturated carbocycles. The fourth-order valence-corrected chi connectivity index (χ4v) is 2.87. The lowest BCUT2D eigenvalue weighted by molar-refractivity contribution is 0.550. The van der Waals surface area contributed by atoms with E-state index in [4.69, 9.17) is 22.3 Å². The van der Waals surface area contributed by atoms with Crippen molar-refractivity contribution >= 4 is 31.3 Å². The Morgan fingerprint density at radius 1 is 1.27 bits per heavy atom. The Hall–Kier alpha value is 0.530. The average Bonchev–Trinajstić information content (AvgIpc) is 2.34. The molecule has 0 N–H and O–H groups in total. The lowest BCUT2D eigenvalue weighted by Gasteiger charge is -2.11. The second-order valence-electron chi connectivity index (χ2n) is 2.87. The molecule has 0 saturated heterocycles. The summed E-state index contributed by atoms with van der Waals surface area (Å²) in [5, 5.41) is 0. The van der Waals surface area contributed by atoms with Crippen LogP contribution in [0.4, 0.5) is 0 Å². The van der Waals surface area contributed by atoms with Crippen LogP contribution in [0.25, 0.3) is 0 Å². The van der Waals surface area contributed by atoms with Crippen LogP contribution >= 0.6 is 22.3 Å². The molecule has 1 aliphatic rings. The van der Waals surface area contributed by atoms with Crippen LogP contribution in [0.3, 0.4) is 0 Å². The topological polar surface area (TPSA) is 34.1 Å². The Balaban J connectivity index is 2.60. The number of rotatable bonds is 2. The Morgan fingerprint density at radius 2 is 1.73 bits per heavy atom. The number of halogens is 2. The predicted octanol–water partition coefficient (Wildman–Crippen LogP) is 2.31. The summed E-state index contributed by atoms with van der Waals surface area (Å²) < 4.78 is 20.6. The predicted molar refractivity (Wildman–Crippen MR) is 46.4 cm³/mol. The standard InChI is InChI=1S/C6H10Cl2O2S/c7-6(11(8,9)10)5-3-1-2-4-5/h5-6H,1-4H2. The van der Waals surface area contributed by atoms with E-state index in [9.17, 15) is 8.42 Å². The fraction of sp³-hybridized carbons (Fsp3) is 1.00. The van der Waals surface area contributed by atoms with Gasteiger partial charge in [-0.05, 0) is 18.8 Å². The zero-order valence-corrected chi connectivity index (χ0v) is 8.29. The average molecular weight is 217 g/mol. The maximum absolute atomic E-state index is 10.8. The molecule has 0 heterocycles. The molecule has 2 nitrogen and oxygen atoms in total. The van der Waals surface area contributed by atoms with E-state index in [2.05, 4.69) is 0 Å². The first-order valence-electron chi connectivity index (χ1n) is 3.59. The Kier molecular flexibility index (Phi) is 3.06. The Labute approximate surface area is 76.3 Å². The highest BCUT2D eigenvalue weighted by atomic mass is 35.7. The van der Waals surface area contributed by atoms with Gasteiger partial charge in [0.05, 0.1) is 0 Å². The zero-order valence-electron chi connectivity index (χ0n) is 5.96. The first-order valence-corrected chi connectivity index (χ1v) is 6.40. The van der Waals surface area contributed by atoms with Crippen LogP contribution < -0.4 is 0 Å². The van der Waals surface area contributed by atoms with Crippen LogP contribution in [-0.4, -0.2) is 13.1 Å². The zero-order chi connectivity index (χ0) is 8.48. The fourth-order valence-electron chi connectivity index (χ4n) is 1.45. The van der Waals surface area contributed by atoms with Crippen molar-refractivity contribution in [2.75, 3.05) is 0 Å².